The highest BCUT2D eigenvalue weighted by atomic mass is 15.0. The minimum atomic E-state index is -0.455. The molecule has 0 spiro atoms. The van der Waals surface area contributed by atoms with Crippen LogP contribution in [0.3, 0.4) is 0 Å². The van der Waals surface area contributed by atoms with E-state index in [0.717, 1.165) is 11.4 Å². The molecule has 322 valence electrons. The Morgan fingerprint density at radius 1 is 0.232 bits per heavy atom. The van der Waals surface area contributed by atoms with Gasteiger partial charge in [-0.1, -0.05) is 206 Å². The van der Waals surface area contributed by atoms with Crippen molar-refractivity contribution in [2.24, 2.45) is 0 Å². The normalized spacial score (nSPS) is 12.8. The van der Waals surface area contributed by atoms with E-state index >= 15 is 0 Å². The Hall–Kier alpha value is -8.98. The van der Waals surface area contributed by atoms with Gasteiger partial charge in [0.1, 0.15) is 0 Å². The fourth-order valence-electron chi connectivity index (χ4n) is 11.7. The molecule has 14 rings (SSSR count). The molecule has 2 heterocycles. The Morgan fingerprint density at radius 2 is 0.623 bits per heavy atom. The van der Waals surface area contributed by atoms with E-state index in [1.54, 1.807) is 0 Å². The third-order valence-corrected chi connectivity index (χ3v) is 14.8. The van der Waals surface area contributed by atoms with Crippen molar-refractivity contribution < 1.29 is 0 Å². The van der Waals surface area contributed by atoms with Crippen LogP contribution in [0.1, 0.15) is 22.3 Å². The van der Waals surface area contributed by atoms with Crippen LogP contribution in [-0.2, 0) is 5.41 Å². The molecule has 0 saturated carbocycles. The largest absolute Gasteiger partial charge is 0.309 e. The fourth-order valence-corrected chi connectivity index (χ4v) is 11.7. The van der Waals surface area contributed by atoms with Crippen molar-refractivity contribution in [2.75, 3.05) is 0 Å². The Kier molecular flexibility index (Phi) is 8.84. The Morgan fingerprint density at radius 3 is 1.23 bits per heavy atom. The van der Waals surface area contributed by atoms with Gasteiger partial charge in [0.2, 0.25) is 0 Å². The second-order valence-electron chi connectivity index (χ2n) is 18.4. The first-order chi connectivity index (χ1) is 34.2. The lowest BCUT2D eigenvalue weighted by molar-refractivity contribution is 0.768. The average molecular weight is 877 g/mol. The maximum Gasteiger partial charge on any atom is 0.0713 e. The number of fused-ring (bicyclic) bond motifs is 9. The van der Waals surface area contributed by atoms with E-state index in [-0.39, 0.29) is 0 Å². The number of aromatic nitrogens is 2. The molecule has 0 saturated heterocycles. The lowest BCUT2D eigenvalue weighted by Gasteiger charge is -2.34. The van der Waals surface area contributed by atoms with Crippen molar-refractivity contribution in [2.45, 2.75) is 5.41 Å². The van der Waals surface area contributed by atoms with Gasteiger partial charge in [-0.3, -0.25) is 0 Å². The van der Waals surface area contributed by atoms with Gasteiger partial charge in [0, 0.05) is 32.9 Å². The smallest absolute Gasteiger partial charge is 0.0713 e. The van der Waals surface area contributed by atoms with Gasteiger partial charge in [-0.05, 0) is 127 Å². The van der Waals surface area contributed by atoms with E-state index in [1.165, 1.54) is 110 Å². The van der Waals surface area contributed by atoms with Gasteiger partial charge in [0.05, 0.1) is 27.5 Å². The maximum atomic E-state index is 2.47. The maximum absolute atomic E-state index is 2.47. The van der Waals surface area contributed by atoms with Gasteiger partial charge >= 0.3 is 0 Å². The molecule has 13 aromatic rings. The molecular weight excluding hydrogens is 833 g/mol. The van der Waals surface area contributed by atoms with Crippen molar-refractivity contribution in [3.05, 3.63) is 289 Å². The SMILES string of the molecule is c1ccc(-c2ccc(-n3c4ccccc4c4cc(-c5ccc6c(c5)c5ccc(-c7ccccc7)cc5n6-c5ccc(C6(c7ccccc7)c7ccccc7-c7ccccc76)cc5)ccc43)cc2)cc1. The first-order valence-corrected chi connectivity index (χ1v) is 23.9. The Bertz CT molecular complexity index is 4040. The third kappa shape index (κ3) is 5.99. The van der Waals surface area contributed by atoms with E-state index in [4.69, 9.17) is 0 Å². The molecule has 1 aliphatic carbocycles. The van der Waals surface area contributed by atoms with Crippen molar-refractivity contribution in [1.29, 1.82) is 0 Å². The summed E-state index contributed by atoms with van der Waals surface area (Å²) in [6, 6.07) is 98.5. The number of hydrogen-bond acceptors (Lipinski definition) is 0. The quantitative estimate of drug-likeness (QED) is 0.151. The molecule has 1 aliphatic rings. The number of nitrogens with zero attached hydrogens (tertiary/aromatic N) is 2. The summed E-state index contributed by atoms with van der Waals surface area (Å²) in [6.07, 6.45) is 0. The summed E-state index contributed by atoms with van der Waals surface area (Å²) < 4.78 is 4.87. The van der Waals surface area contributed by atoms with Crippen LogP contribution < -0.4 is 0 Å². The molecule has 69 heavy (non-hydrogen) atoms. The molecule has 0 atom stereocenters. The summed E-state index contributed by atoms with van der Waals surface area (Å²) in [4.78, 5) is 0. The molecule has 2 heteroatoms. The zero-order valence-electron chi connectivity index (χ0n) is 37.8. The van der Waals surface area contributed by atoms with Gasteiger partial charge in [-0.25, -0.2) is 0 Å². The first-order valence-electron chi connectivity index (χ1n) is 23.9. The van der Waals surface area contributed by atoms with Crippen molar-refractivity contribution in [3.8, 4) is 55.9 Å². The van der Waals surface area contributed by atoms with Crippen LogP contribution in [0.15, 0.2) is 267 Å². The molecule has 0 amide bonds. The van der Waals surface area contributed by atoms with Crippen LogP contribution >= 0.6 is 0 Å². The van der Waals surface area contributed by atoms with Crippen LogP contribution in [0, 0.1) is 0 Å². The minimum Gasteiger partial charge on any atom is -0.309 e. The number of para-hydroxylation sites is 1. The van der Waals surface area contributed by atoms with Crippen molar-refractivity contribution in [3.63, 3.8) is 0 Å². The van der Waals surface area contributed by atoms with E-state index in [2.05, 4.69) is 276 Å². The Balaban J connectivity index is 0.920. The molecule has 0 radical (unpaired) electrons. The van der Waals surface area contributed by atoms with Gasteiger partial charge in [-0.15, -0.1) is 0 Å². The highest BCUT2D eigenvalue weighted by Gasteiger charge is 2.45. The second-order valence-corrected chi connectivity index (χ2v) is 18.4. The van der Waals surface area contributed by atoms with Gasteiger partial charge < -0.3 is 9.13 Å². The summed E-state index contributed by atoms with van der Waals surface area (Å²) in [5.74, 6) is 0. The molecule has 0 unspecified atom stereocenters. The first kappa shape index (κ1) is 39.2. The molecule has 0 aliphatic heterocycles. The predicted octanol–water partition coefficient (Wildman–Crippen LogP) is 17.2. The second kappa shape index (κ2) is 15.6. The van der Waals surface area contributed by atoms with Crippen LogP contribution in [0.5, 0.6) is 0 Å². The van der Waals surface area contributed by atoms with Crippen molar-refractivity contribution >= 4 is 43.6 Å². The van der Waals surface area contributed by atoms with E-state index in [9.17, 15) is 0 Å². The fraction of sp³-hybridized carbons (Fsp3) is 0.0149. The zero-order chi connectivity index (χ0) is 45.5. The molecule has 0 fully saturated rings. The zero-order valence-corrected chi connectivity index (χ0v) is 37.8. The third-order valence-electron chi connectivity index (χ3n) is 14.8. The summed E-state index contributed by atoms with van der Waals surface area (Å²) in [6.45, 7) is 0. The summed E-state index contributed by atoms with van der Waals surface area (Å²) in [5.41, 5.74) is 21.6. The monoisotopic (exact) mass is 876 g/mol. The van der Waals surface area contributed by atoms with E-state index < -0.39 is 5.41 Å². The molecule has 0 N–H and O–H groups in total. The standard InChI is InChI=1S/C67H44N2/c1-4-16-45(17-5-1)47-28-35-53(36-29-47)68-63-27-15-12-24-57(63)59-42-48(31-40-64(59)68)49-32-41-65-60(43-49)58-39-30-50(46-18-6-2-7-19-46)44-66(58)69(65)54-37-33-52(34-38-54)67(51-20-8-3-9-21-51)61-25-13-10-22-55(61)56-23-11-14-26-62(56)67/h1-44H. The van der Waals surface area contributed by atoms with Gasteiger partial charge in [-0.2, -0.15) is 0 Å². The van der Waals surface area contributed by atoms with Crippen molar-refractivity contribution in [1.82, 2.24) is 9.13 Å². The summed E-state index contributed by atoms with van der Waals surface area (Å²) >= 11 is 0. The molecule has 2 aromatic heterocycles. The van der Waals surface area contributed by atoms with E-state index in [1.807, 2.05) is 0 Å². The van der Waals surface area contributed by atoms with Crippen LogP contribution in [0.25, 0.3) is 99.5 Å². The molecule has 11 aromatic carbocycles. The molecule has 0 bridgehead atoms. The van der Waals surface area contributed by atoms with Crippen LogP contribution in [0.4, 0.5) is 0 Å². The minimum absolute atomic E-state index is 0.455. The topological polar surface area (TPSA) is 9.86 Å². The molecular formula is C67H44N2. The highest BCUT2D eigenvalue weighted by Crippen LogP contribution is 2.56. The lowest BCUT2D eigenvalue weighted by Crippen LogP contribution is -2.28. The van der Waals surface area contributed by atoms with Crippen LogP contribution in [0.2, 0.25) is 0 Å². The predicted molar refractivity (Wildman–Crippen MR) is 289 cm³/mol. The number of rotatable bonds is 7. The highest BCUT2D eigenvalue weighted by molar-refractivity contribution is 6.13. The van der Waals surface area contributed by atoms with Crippen LogP contribution in [-0.4, -0.2) is 9.13 Å². The molecule has 2 nitrogen and oxygen atoms in total. The number of benzene rings is 11. The summed E-state index contributed by atoms with van der Waals surface area (Å²) in [5, 5.41) is 4.94. The van der Waals surface area contributed by atoms with Gasteiger partial charge in [0.25, 0.3) is 0 Å². The Labute approximate surface area is 401 Å². The summed E-state index contributed by atoms with van der Waals surface area (Å²) in [7, 11) is 0. The lowest BCUT2D eigenvalue weighted by atomic mass is 9.68. The average Bonchev–Trinajstić information content (AvgIpc) is 4.05. The van der Waals surface area contributed by atoms with Gasteiger partial charge in [0.15, 0.2) is 0 Å². The van der Waals surface area contributed by atoms with E-state index in [0.29, 0.717) is 0 Å². The number of hydrogen-bond donors (Lipinski definition) is 0.